The lowest BCUT2D eigenvalue weighted by molar-refractivity contribution is -0.385. The van der Waals surface area contributed by atoms with Crippen LogP contribution in [0.15, 0.2) is 24.3 Å². The molecular formula is C8H8N3O2+. The van der Waals surface area contributed by atoms with Gasteiger partial charge in [0.15, 0.2) is 0 Å². The third-order valence-corrected chi connectivity index (χ3v) is 1.66. The number of hydrogen-bond acceptors (Lipinski definition) is 3. The molecule has 0 aliphatic rings. The van der Waals surface area contributed by atoms with Gasteiger partial charge in [-0.25, -0.2) is 0 Å². The molecule has 0 unspecified atom stereocenters. The van der Waals surface area contributed by atoms with Gasteiger partial charge in [-0.05, 0) is 6.07 Å². The van der Waals surface area contributed by atoms with Crippen LogP contribution in [0.5, 0.6) is 0 Å². The Kier molecular flexibility index (Phi) is 2.52. The standard InChI is InChI=1S/C8H8N3O2/c1-6(10-9)7-4-2-3-5-8(7)11(12)13/h2-5,9H,1H3/q+1. The zero-order valence-electron chi connectivity index (χ0n) is 7.02. The van der Waals surface area contributed by atoms with Crippen molar-refractivity contribution >= 4 is 11.4 Å². The van der Waals surface area contributed by atoms with Crippen molar-refractivity contribution in [3.8, 4) is 0 Å². The summed E-state index contributed by atoms with van der Waals surface area (Å²) in [7, 11) is 0. The molecule has 0 aliphatic carbocycles. The van der Waals surface area contributed by atoms with Crippen molar-refractivity contribution in [2.24, 2.45) is 0 Å². The maximum atomic E-state index is 10.5. The molecule has 0 aromatic heterocycles. The molecule has 0 spiro atoms. The molecular weight excluding hydrogens is 170 g/mol. The van der Waals surface area contributed by atoms with Crippen LogP contribution in [-0.4, -0.2) is 15.4 Å². The average Bonchev–Trinajstić information content (AvgIpc) is 2.16. The van der Waals surface area contributed by atoms with E-state index in [1.54, 1.807) is 25.1 Å². The Balaban J connectivity index is 3.36. The number of nitro groups is 1. The summed E-state index contributed by atoms with van der Waals surface area (Å²) in [4.78, 5) is 13.2. The summed E-state index contributed by atoms with van der Waals surface area (Å²) in [5.41, 5.74) is 7.46. The molecule has 0 bridgehead atoms. The van der Waals surface area contributed by atoms with Gasteiger partial charge < -0.3 is 0 Å². The third-order valence-electron chi connectivity index (χ3n) is 1.66. The maximum Gasteiger partial charge on any atom is 0.352 e. The molecule has 5 heteroatoms. The molecule has 0 aliphatic heterocycles. The zero-order valence-corrected chi connectivity index (χ0v) is 7.02. The Morgan fingerprint density at radius 1 is 1.54 bits per heavy atom. The van der Waals surface area contributed by atoms with Crippen molar-refractivity contribution in [2.45, 2.75) is 6.92 Å². The zero-order chi connectivity index (χ0) is 9.84. The van der Waals surface area contributed by atoms with Gasteiger partial charge in [-0.2, -0.15) is 0 Å². The van der Waals surface area contributed by atoms with Crippen LogP contribution in [0, 0.1) is 15.6 Å². The van der Waals surface area contributed by atoms with Gasteiger partial charge in [0, 0.05) is 13.0 Å². The number of rotatable bonds is 2. The van der Waals surface area contributed by atoms with E-state index in [0.29, 0.717) is 11.3 Å². The van der Waals surface area contributed by atoms with E-state index in [2.05, 4.69) is 4.79 Å². The Morgan fingerprint density at radius 3 is 2.69 bits per heavy atom. The van der Waals surface area contributed by atoms with Gasteiger partial charge in [0.05, 0.1) is 15.2 Å². The van der Waals surface area contributed by atoms with E-state index in [-0.39, 0.29) is 5.69 Å². The number of nitrogens with one attached hydrogen (secondary N) is 1. The molecule has 0 fully saturated rings. The Morgan fingerprint density at radius 2 is 2.15 bits per heavy atom. The monoisotopic (exact) mass is 178 g/mol. The summed E-state index contributed by atoms with van der Waals surface area (Å²) in [6, 6.07) is 6.23. The fourth-order valence-electron chi connectivity index (χ4n) is 0.999. The number of benzene rings is 1. The average molecular weight is 178 g/mol. The van der Waals surface area contributed by atoms with Crippen molar-refractivity contribution in [1.82, 2.24) is 0 Å². The van der Waals surface area contributed by atoms with Crippen LogP contribution < -0.4 is 0 Å². The van der Waals surface area contributed by atoms with Gasteiger partial charge >= 0.3 is 5.71 Å². The number of para-hydroxylation sites is 1. The highest BCUT2D eigenvalue weighted by Gasteiger charge is 2.20. The highest BCUT2D eigenvalue weighted by Crippen LogP contribution is 2.17. The summed E-state index contributed by atoms with van der Waals surface area (Å²) in [6.45, 7) is 1.56. The number of hydrogen-bond donors (Lipinski definition) is 1. The second kappa shape index (κ2) is 3.60. The SMILES string of the molecule is CC(=[N+]=N)c1ccccc1[N+](=O)[O-]. The first-order valence-corrected chi connectivity index (χ1v) is 3.61. The van der Waals surface area contributed by atoms with Crippen molar-refractivity contribution in [1.29, 1.82) is 5.53 Å². The summed E-state index contributed by atoms with van der Waals surface area (Å²) in [6.07, 6.45) is 0. The lowest BCUT2D eigenvalue weighted by atomic mass is 10.1. The molecule has 0 amide bonds. The lowest BCUT2D eigenvalue weighted by Crippen LogP contribution is -2.01. The smallest absolute Gasteiger partial charge is 0.258 e. The van der Waals surface area contributed by atoms with Gasteiger partial charge in [-0.1, -0.05) is 12.1 Å². The molecule has 13 heavy (non-hydrogen) atoms. The van der Waals surface area contributed by atoms with Crippen LogP contribution in [0.4, 0.5) is 5.69 Å². The highest BCUT2D eigenvalue weighted by molar-refractivity contribution is 5.98. The molecule has 66 valence electrons. The minimum atomic E-state index is -0.482. The van der Waals surface area contributed by atoms with E-state index in [4.69, 9.17) is 5.53 Å². The molecule has 1 rings (SSSR count). The van der Waals surface area contributed by atoms with Gasteiger partial charge in [0.2, 0.25) is 0 Å². The minimum Gasteiger partial charge on any atom is -0.258 e. The summed E-state index contributed by atoms with van der Waals surface area (Å²) >= 11 is 0. The normalized spacial score (nSPS) is 9.00. The van der Waals surface area contributed by atoms with Crippen molar-refractivity contribution in [3.05, 3.63) is 39.9 Å². The first-order chi connectivity index (χ1) is 6.16. The Bertz CT molecular complexity index is 394. The van der Waals surface area contributed by atoms with Crippen LogP contribution in [0.1, 0.15) is 12.5 Å². The van der Waals surface area contributed by atoms with Crippen LogP contribution in [0.3, 0.4) is 0 Å². The van der Waals surface area contributed by atoms with Gasteiger partial charge in [-0.3, -0.25) is 10.1 Å². The molecule has 0 radical (unpaired) electrons. The predicted molar refractivity (Wildman–Crippen MR) is 45.9 cm³/mol. The van der Waals surface area contributed by atoms with Crippen molar-refractivity contribution in [3.63, 3.8) is 0 Å². The van der Waals surface area contributed by atoms with E-state index in [1.807, 2.05) is 0 Å². The van der Waals surface area contributed by atoms with Gasteiger partial charge in [-0.15, -0.1) is 0 Å². The molecule has 5 nitrogen and oxygen atoms in total. The van der Waals surface area contributed by atoms with E-state index in [0.717, 1.165) is 0 Å². The number of nitro benzene ring substituents is 1. The maximum absolute atomic E-state index is 10.5. The summed E-state index contributed by atoms with van der Waals surface area (Å²) in [5, 5.41) is 10.5. The van der Waals surface area contributed by atoms with Crippen LogP contribution in [0.2, 0.25) is 0 Å². The Labute approximate surface area is 74.4 Å². The second-order valence-corrected chi connectivity index (χ2v) is 2.47. The molecule has 0 saturated carbocycles. The predicted octanol–water partition coefficient (Wildman–Crippen LogP) is 1.64. The highest BCUT2D eigenvalue weighted by atomic mass is 16.6. The fourth-order valence-corrected chi connectivity index (χ4v) is 0.999. The van der Waals surface area contributed by atoms with Crippen molar-refractivity contribution in [2.75, 3.05) is 0 Å². The third kappa shape index (κ3) is 1.77. The van der Waals surface area contributed by atoms with E-state index >= 15 is 0 Å². The minimum absolute atomic E-state index is 0.0176. The molecule has 0 heterocycles. The first-order valence-electron chi connectivity index (χ1n) is 3.61. The van der Waals surface area contributed by atoms with Crippen LogP contribution in [-0.2, 0) is 0 Å². The van der Waals surface area contributed by atoms with Crippen LogP contribution >= 0.6 is 0 Å². The largest absolute Gasteiger partial charge is 0.352 e. The fraction of sp³-hybridized carbons (Fsp3) is 0.125. The first kappa shape index (κ1) is 9.09. The van der Waals surface area contributed by atoms with Crippen LogP contribution in [0.25, 0.3) is 0 Å². The summed E-state index contributed by atoms with van der Waals surface area (Å²) in [5.74, 6) is 0. The molecule has 1 aromatic carbocycles. The Hall–Kier alpha value is -2.00. The van der Waals surface area contributed by atoms with E-state index in [1.165, 1.54) is 6.07 Å². The van der Waals surface area contributed by atoms with Crippen molar-refractivity contribution < 1.29 is 9.71 Å². The number of nitrogens with zero attached hydrogens (tertiary/aromatic N) is 2. The summed E-state index contributed by atoms with van der Waals surface area (Å²) < 4.78 is 0. The van der Waals surface area contributed by atoms with Gasteiger partial charge in [0.1, 0.15) is 5.56 Å². The second-order valence-electron chi connectivity index (χ2n) is 2.47. The molecule has 0 saturated heterocycles. The van der Waals surface area contributed by atoms with E-state index < -0.39 is 4.92 Å². The molecule has 1 aromatic rings. The molecule has 0 atom stereocenters. The van der Waals surface area contributed by atoms with Gasteiger partial charge in [0.25, 0.3) is 5.69 Å². The quantitative estimate of drug-likeness (QED) is 0.245. The topological polar surface area (TPSA) is 81.1 Å². The molecule has 1 N–H and O–H groups in total. The lowest BCUT2D eigenvalue weighted by Gasteiger charge is -1.92. The van der Waals surface area contributed by atoms with E-state index in [9.17, 15) is 10.1 Å².